The fourth-order valence-electron chi connectivity index (χ4n) is 2.30. The lowest BCUT2D eigenvalue weighted by molar-refractivity contribution is -0.682. The first-order valence-corrected chi connectivity index (χ1v) is 7.39. The molecule has 0 spiro atoms. The summed E-state index contributed by atoms with van der Waals surface area (Å²) in [4.78, 5) is 12.0. The van der Waals surface area contributed by atoms with E-state index in [9.17, 15) is 4.79 Å². The van der Waals surface area contributed by atoms with Gasteiger partial charge in [0.05, 0.1) is 6.04 Å². The molecule has 0 saturated carbocycles. The second-order valence-corrected chi connectivity index (χ2v) is 5.34. The Bertz CT molecular complexity index is 554. The first kappa shape index (κ1) is 15.3. The van der Waals surface area contributed by atoms with Crippen LogP contribution in [0.1, 0.15) is 37.1 Å². The zero-order valence-electron chi connectivity index (χ0n) is 12.6. The predicted octanol–water partition coefficient (Wildman–Crippen LogP) is 2.19. The van der Waals surface area contributed by atoms with Gasteiger partial charge in [-0.1, -0.05) is 60.7 Å². The van der Waals surface area contributed by atoms with Crippen molar-refractivity contribution in [2.24, 2.45) is 0 Å². The Kier molecular flexibility index (Phi) is 5.52. The molecule has 0 heterocycles. The topological polar surface area (TPSA) is 45.7 Å². The molecule has 2 aromatic carbocycles. The Balaban J connectivity index is 1.80. The molecule has 2 atom stereocenters. The Labute approximate surface area is 126 Å². The van der Waals surface area contributed by atoms with Crippen molar-refractivity contribution >= 4 is 5.91 Å². The smallest absolute Gasteiger partial charge is 0.275 e. The molecule has 2 rings (SSSR count). The van der Waals surface area contributed by atoms with Crippen LogP contribution in [0.25, 0.3) is 0 Å². The largest absolute Gasteiger partial charge is 0.345 e. The van der Waals surface area contributed by atoms with Crippen molar-refractivity contribution in [1.82, 2.24) is 5.32 Å². The molecule has 0 saturated heterocycles. The molecular formula is C18H23N2O+. The van der Waals surface area contributed by atoms with Gasteiger partial charge in [-0.05, 0) is 19.4 Å². The summed E-state index contributed by atoms with van der Waals surface area (Å²) in [5, 5.41) is 5.09. The maximum absolute atomic E-state index is 12.0. The average molecular weight is 283 g/mol. The lowest BCUT2D eigenvalue weighted by atomic mass is 10.1. The van der Waals surface area contributed by atoms with E-state index in [2.05, 4.69) is 29.7 Å². The number of amides is 1. The molecule has 3 N–H and O–H groups in total. The van der Waals surface area contributed by atoms with Gasteiger partial charge >= 0.3 is 0 Å². The van der Waals surface area contributed by atoms with E-state index in [1.807, 2.05) is 55.5 Å². The van der Waals surface area contributed by atoms with Gasteiger partial charge < -0.3 is 10.6 Å². The van der Waals surface area contributed by atoms with Crippen molar-refractivity contribution in [2.45, 2.75) is 25.9 Å². The van der Waals surface area contributed by atoms with Crippen LogP contribution in [0.5, 0.6) is 0 Å². The van der Waals surface area contributed by atoms with Crippen molar-refractivity contribution in [1.29, 1.82) is 0 Å². The molecule has 0 fully saturated rings. The molecule has 0 aliphatic carbocycles. The van der Waals surface area contributed by atoms with Crippen LogP contribution in [0.15, 0.2) is 60.7 Å². The van der Waals surface area contributed by atoms with Crippen LogP contribution in [-0.4, -0.2) is 12.5 Å². The van der Waals surface area contributed by atoms with Gasteiger partial charge in [0.1, 0.15) is 6.04 Å². The number of nitrogens with two attached hydrogens (primary N) is 1. The van der Waals surface area contributed by atoms with E-state index in [4.69, 9.17) is 0 Å². The number of benzene rings is 2. The second kappa shape index (κ2) is 7.60. The normalized spacial score (nSPS) is 13.4. The molecule has 21 heavy (non-hydrogen) atoms. The van der Waals surface area contributed by atoms with Crippen molar-refractivity contribution in [3.05, 3.63) is 71.8 Å². The first-order valence-electron chi connectivity index (χ1n) is 7.39. The molecule has 2 aromatic rings. The van der Waals surface area contributed by atoms with Crippen LogP contribution in [0.3, 0.4) is 0 Å². The molecule has 3 nitrogen and oxygen atoms in total. The maximum Gasteiger partial charge on any atom is 0.275 e. The highest BCUT2D eigenvalue weighted by Crippen LogP contribution is 2.10. The molecule has 1 amide bonds. The van der Waals surface area contributed by atoms with Crippen LogP contribution in [0, 0.1) is 0 Å². The fraction of sp³-hybridized carbons (Fsp3) is 0.278. The SMILES string of the molecule is C[C@H](NC(=O)C[NH2+][C@@H](C)c1ccccc1)c1ccccc1. The second-order valence-electron chi connectivity index (χ2n) is 5.34. The molecule has 0 aliphatic heterocycles. The third-order valence-corrected chi connectivity index (χ3v) is 3.66. The summed E-state index contributed by atoms with van der Waals surface area (Å²) in [5.41, 5.74) is 2.36. The highest BCUT2D eigenvalue weighted by molar-refractivity contribution is 5.77. The number of hydrogen-bond acceptors (Lipinski definition) is 1. The van der Waals surface area contributed by atoms with Crippen molar-refractivity contribution < 1.29 is 10.1 Å². The molecule has 0 radical (unpaired) electrons. The van der Waals surface area contributed by atoms with E-state index in [1.165, 1.54) is 5.56 Å². The minimum absolute atomic E-state index is 0.0409. The molecule has 110 valence electrons. The third kappa shape index (κ3) is 4.72. The summed E-state index contributed by atoms with van der Waals surface area (Å²) in [6, 6.07) is 20.6. The number of hydrogen-bond donors (Lipinski definition) is 2. The fourth-order valence-corrected chi connectivity index (χ4v) is 2.30. The Morgan fingerprint density at radius 1 is 0.952 bits per heavy atom. The van der Waals surface area contributed by atoms with Gasteiger partial charge in [0.15, 0.2) is 6.54 Å². The quantitative estimate of drug-likeness (QED) is 0.838. The van der Waals surface area contributed by atoms with Crippen molar-refractivity contribution in [3.8, 4) is 0 Å². The summed E-state index contributed by atoms with van der Waals surface area (Å²) in [6.07, 6.45) is 0. The molecule has 3 heteroatoms. The van der Waals surface area contributed by atoms with E-state index in [-0.39, 0.29) is 18.0 Å². The minimum atomic E-state index is 0.0409. The first-order chi connectivity index (χ1) is 10.2. The Hall–Kier alpha value is -2.13. The van der Waals surface area contributed by atoms with Crippen LogP contribution < -0.4 is 10.6 Å². The summed E-state index contributed by atoms with van der Waals surface area (Å²) >= 11 is 0. The van der Waals surface area contributed by atoms with E-state index in [1.54, 1.807) is 0 Å². The number of carbonyl (C=O) groups excluding carboxylic acids is 1. The Morgan fingerprint density at radius 2 is 1.48 bits per heavy atom. The summed E-state index contributed by atoms with van der Waals surface area (Å²) in [7, 11) is 0. The molecular weight excluding hydrogens is 260 g/mol. The highest BCUT2D eigenvalue weighted by atomic mass is 16.1. The summed E-state index contributed by atoms with van der Waals surface area (Å²) in [5.74, 6) is 0.0640. The minimum Gasteiger partial charge on any atom is -0.345 e. The lowest BCUT2D eigenvalue weighted by Gasteiger charge is -2.15. The van der Waals surface area contributed by atoms with Crippen LogP contribution in [0.4, 0.5) is 0 Å². The number of quaternary nitrogens is 1. The zero-order chi connectivity index (χ0) is 15.1. The predicted molar refractivity (Wildman–Crippen MR) is 84.6 cm³/mol. The van der Waals surface area contributed by atoms with Gasteiger partial charge in [-0.25, -0.2) is 0 Å². The molecule has 0 aliphatic rings. The van der Waals surface area contributed by atoms with E-state index >= 15 is 0 Å². The van der Waals surface area contributed by atoms with E-state index in [0.717, 1.165) is 5.56 Å². The van der Waals surface area contributed by atoms with Gasteiger partial charge in [0, 0.05) is 5.56 Å². The standard InChI is InChI=1S/C18H22N2O/c1-14(16-9-5-3-6-10-16)19-13-18(21)20-15(2)17-11-7-4-8-12-17/h3-12,14-15,19H,13H2,1-2H3,(H,20,21)/p+1/t14-,15-/m0/s1. The van der Waals surface area contributed by atoms with Crippen LogP contribution >= 0.6 is 0 Å². The summed E-state index contributed by atoms with van der Waals surface area (Å²) in [6.45, 7) is 4.56. The van der Waals surface area contributed by atoms with Crippen LogP contribution in [0.2, 0.25) is 0 Å². The summed E-state index contributed by atoms with van der Waals surface area (Å²) < 4.78 is 0. The van der Waals surface area contributed by atoms with Gasteiger partial charge in [-0.3, -0.25) is 4.79 Å². The zero-order valence-corrected chi connectivity index (χ0v) is 12.6. The molecule has 0 aromatic heterocycles. The van der Waals surface area contributed by atoms with Crippen LogP contribution in [-0.2, 0) is 4.79 Å². The Morgan fingerprint density at radius 3 is 2.05 bits per heavy atom. The van der Waals surface area contributed by atoms with Crippen molar-refractivity contribution in [2.75, 3.05) is 6.54 Å². The lowest BCUT2D eigenvalue weighted by Crippen LogP contribution is -2.87. The average Bonchev–Trinajstić information content (AvgIpc) is 2.54. The highest BCUT2D eigenvalue weighted by Gasteiger charge is 2.13. The number of nitrogens with one attached hydrogen (secondary N) is 1. The number of carbonyl (C=O) groups is 1. The van der Waals surface area contributed by atoms with Crippen molar-refractivity contribution in [3.63, 3.8) is 0 Å². The molecule has 0 unspecified atom stereocenters. The van der Waals surface area contributed by atoms with Gasteiger partial charge in [0.25, 0.3) is 5.91 Å². The van der Waals surface area contributed by atoms with E-state index in [0.29, 0.717) is 6.54 Å². The third-order valence-electron chi connectivity index (χ3n) is 3.66. The number of rotatable bonds is 6. The van der Waals surface area contributed by atoms with Gasteiger partial charge in [-0.2, -0.15) is 0 Å². The van der Waals surface area contributed by atoms with Gasteiger partial charge in [-0.15, -0.1) is 0 Å². The maximum atomic E-state index is 12.0. The monoisotopic (exact) mass is 283 g/mol. The van der Waals surface area contributed by atoms with E-state index < -0.39 is 0 Å². The molecule has 0 bridgehead atoms. The van der Waals surface area contributed by atoms with Gasteiger partial charge in [0.2, 0.25) is 0 Å².